The highest BCUT2D eigenvalue weighted by Gasteiger charge is 2.09. The number of hydrogen-bond donors (Lipinski definition) is 0. The molecule has 0 aliphatic carbocycles. The van der Waals surface area contributed by atoms with Gasteiger partial charge in [-0.3, -0.25) is 0 Å². The van der Waals surface area contributed by atoms with Crippen molar-refractivity contribution in [1.29, 1.82) is 0 Å². The van der Waals surface area contributed by atoms with Crippen molar-refractivity contribution >= 4 is 27.0 Å². The van der Waals surface area contributed by atoms with E-state index in [4.69, 9.17) is 0 Å². The Morgan fingerprint density at radius 2 is 1.74 bits per heavy atom. The Balaban J connectivity index is 2.01. The number of aromatic nitrogens is 2. The van der Waals surface area contributed by atoms with E-state index in [-0.39, 0.29) is 0 Å². The third-order valence-electron chi connectivity index (χ3n) is 2.93. The second-order valence-electron chi connectivity index (χ2n) is 4.25. The smallest absolute Gasteiger partial charge is 0.161 e. The van der Waals surface area contributed by atoms with Gasteiger partial charge in [-0.1, -0.05) is 28.1 Å². The summed E-state index contributed by atoms with van der Waals surface area (Å²) in [6.45, 7) is 0.564. The first-order valence-corrected chi connectivity index (χ1v) is 6.47. The number of benzene rings is 2. The van der Waals surface area contributed by atoms with Gasteiger partial charge in [0.15, 0.2) is 11.6 Å². The number of hydrogen-bond acceptors (Lipinski definition) is 1. The highest BCUT2D eigenvalue weighted by molar-refractivity contribution is 9.10. The molecule has 0 saturated carbocycles. The molecule has 0 atom stereocenters. The monoisotopic (exact) mass is 322 g/mol. The summed E-state index contributed by atoms with van der Waals surface area (Å²) in [7, 11) is 0. The molecule has 0 aliphatic rings. The predicted octanol–water partition coefficient (Wildman–Crippen LogP) is 4.13. The van der Waals surface area contributed by atoms with E-state index in [1.807, 2.05) is 24.3 Å². The van der Waals surface area contributed by atoms with Gasteiger partial charge in [0.25, 0.3) is 0 Å². The minimum Gasteiger partial charge on any atom is -0.326 e. The van der Waals surface area contributed by atoms with E-state index in [2.05, 4.69) is 20.9 Å². The summed E-state index contributed by atoms with van der Waals surface area (Å²) >= 11 is 3.37. The molecule has 1 heterocycles. The van der Waals surface area contributed by atoms with E-state index < -0.39 is 11.6 Å². The van der Waals surface area contributed by atoms with Crippen molar-refractivity contribution in [2.75, 3.05) is 0 Å². The van der Waals surface area contributed by atoms with Gasteiger partial charge in [-0.2, -0.15) is 0 Å². The molecule has 0 aliphatic heterocycles. The fourth-order valence-electron chi connectivity index (χ4n) is 1.97. The molecule has 0 N–H and O–H groups in total. The van der Waals surface area contributed by atoms with Crippen LogP contribution in [0.4, 0.5) is 8.78 Å². The molecule has 0 fully saturated rings. The van der Waals surface area contributed by atoms with Crippen LogP contribution < -0.4 is 0 Å². The molecule has 3 rings (SSSR count). The quantitative estimate of drug-likeness (QED) is 0.693. The van der Waals surface area contributed by atoms with Crippen LogP contribution in [0.25, 0.3) is 11.0 Å². The first kappa shape index (κ1) is 12.3. The summed E-state index contributed by atoms with van der Waals surface area (Å²) in [6.07, 6.45) is 1.59. The maximum absolute atomic E-state index is 13.3. The molecule has 2 nitrogen and oxygen atoms in total. The second-order valence-corrected chi connectivity index (χ2v) is 5.17. The normalized spacial score (nSPS) is 11.1. The lowest BCUT2D eigenvalue weighted by Crippen LogP contribution is -1.98. The van der Waals surface area contributed by atoms with Gasteiger partial charge >= 0.3 is 0 Å². The highest BCUT2D eigenvalue weighted by Crippen LogP contribution is 2.19. The fraction of sp³-hybridized carbons (Fsp3) is 0.0714. The minimum atomic E-state index is -0.874. The van der Waals surface area contributed by atoms with E-state index in [9.17, 15) is 8.78 Å². The van der Waals surface area contributed by atoms with Gasteiger partial charge in [-0.15, -0.1) is 0 Å². The lowest BCUT2D eigenvalue weighted by Gasteiger charge is -2.05. The zero-order valence-electron chi connectivity index (χ0n) is 9.78. The van der Waals surface area contributed by atoms with Crippen molar-refractivity contribution in [2.45, 2.75) is 6.54 Å². The lowest BCUT2D eigenvalue weighted by molar-refractivity contribution is 0.510. The first-order chi connectivity index (χ1) is 9.13. The van der Waals surface area contributed by atoms with Crippen LogP contribution >= 0.6 is 15.9 Å². The van der Waals surface area contributed by atoms with Crippen molar-refractivity contribution in [3.63, 3.8) is 0 Å². The van der Waals surface area contributed by atoms with Crippen LogP contribution in [0.5, 0.6) is 0 Å². The summed E-state index contributed by atoms with van der Waals surface area (Å²) in [4.78, 5) is 4.08. The first-order valence-electron chi connectivity index (χ1n) is 5.68. The number of rotatable bonds is 2. The maximum atomic E-state index is 13.3. The van der Waals surface area contributed by atoms with Crippen LogP contribution in [-0.2, 0) is 6.54 Å². The third-order valence-corrected chi connectivity index (χ3v) is 3.46. The van der Waals surface area contributed by atoms with Crippen LogP contribution in [-0.4, -0.2) is 9.55 Å². The molecule has 96 valence electrons. The van der Waals surface area contributed by atoms with Gasteiger partial charge in [0, 0.05) is 23.2 Å². The molecule has 3 aromatic rings. The Labute approximate surface area is 116 Å². The van der Waals surface area contributed by atoms with Crippen LogP contribution in [0.15, 0.2) is 47.2 Å². The minimum absolute atomic E-state index is 0.455. The molecule has 0 bridgehead atoms. The molecule has 0 radical (unpaired) electrons. The maximum Gasteiger partial charge on any atom is 0.161 e. The van der Waals surface area contributed by atoms with E-state index >= 15 is 0 Å². The van der Waals surface area contributed by atoms with Gasteiger partial charge in [-0.05, 0) is 17.7 Å². The molecule has 0 spiro atoms. The molecule has 19 heavy (non-hydrogen) atoms. The SMILES string of the molecule is Fc1cc2ncn(Cc3ccc(Br)cc3)c2cc1F. The van der Waals surface area contributed by atoms with Crippen molar-refractivity contribution < 1.29 is 8.78 Å². The molecule has 1 aromatic heterocycles. The third kappa shape index (κ3) is 2.38. The van der Waals surface area contributed by atoms with Gasteiger partial charge in [0.2, 0.25) is 0 Å². The standard InChI is InChI=1S/C14H9BrF2N2/c15-10-3-1-9(2-4-10)7-19-8-18-13-5-11(16)12(17)6-14(13)19/h1-6,8H,7H2. The molecule has 0 saturated heterocycles. The summed E-state index contributed by atoms with van der Waals surface area (Å²) in [5.74, 6) is -1.73. The largest absolute Gasteiger partial charge is 0.326 e. The average molecular weight is 323 g/mol. The molecule has 2 aromatic carbocycles. The highest BCUT2D eigenvalue weighted by atomic mass is 79.9. The molecular weight excluding hydrogens is 314 g/mol. The van der Waals surface area contributed by atoms with Crippen molar-refractivity contribution in [3.8, 4) is 0 Å². The van der Waals surface area contributed by atoms with Gasteiger partial charge in [0.1, 0.15) is 0 Å². The number of nitrogens with zero attached hydrogens (tertiary/aromatic N) is 2. The average Bonchev–Trinajstić information content (AvgIpc) is 2.76. The molecular formula is C14H9BrF2N2. The lowest BCUT2D eigenvalue weighted by atomic mass is 10.2. The fourth-order valence-corrected chi connectivity index (χ4v) is 2.23. The van der Waals surface area contributed by atoms with Crippen molar-refractivity contribution in [3.05, 3.63) is 64.4 Å². The number of fused-ring (bicyclic) bond motifs is 1. The summed E-state index contributed by atoms with van der Waals surface area (Å²) in [5.41, 5.74) is 2.10. The van der Waals surface area contributed by atoms with E-state index in [1.165, 1.54) is 6.07 Å². The Bertz CT molecular complexity index is 735. The Kier molecular flexibility index (Phi) is 3.06. The zero-order chi connectivity index (χ0) is 13.4. The van der Waals surface area contributed by atoms with E-state index in [0.717, 1.165) is 16.1 Å². The number of imidazole rings is 1. The summed E-state index contributed by atoms with van der Waals surface area (Å²) in [6, 6.07) is 10.1. The molecule has 5 heteroatoms. The van der Waals surface area contributed by atoms with Gasteiger partial charge in [-0.25, -0.2) is 13.8 Å². The Morgan fingerprint density at radius 3 is 2.47 bits per heavy atom. The van der Waals surface area contributed by atoms with Gasteiger partial charge < -0.3 is 4.57 Å². The van der Waals surface area contributed by atoms with Gasteiger partial charge in [0.05, 0.1) is 17.4 Å². The predicted molar refractivity (Wildman–Crippen MR) is 72.9 cm³/mol. The van der Waals surface area contributed by atoms with Crippen LogP contribution in [0.2, 0.25) is 0 Å². The van der Waals surface area contributed by atoms with Crippen molar-refractivity contribution in [1.82, 2.24) is 9.55 Å². The van der Waals surface area contributed by atoms with Crippen LogP contribution in [0, 0.1) is 11.6 Å². The van der Waals surface area contributed by atoms with E-state index in [0.29, 0.717) is 17.6 Å². The van der Waals surface area contributed by atoms with E-state index in [1.54, 1.807) is 10.9 Å². The van der Waals surface area contributed by atoms with Crippen LogP contribution in [0.3, 0.4) is 0 Å². The Hall–Kier alpha value is -1.75. The molecule has 0 amide bonds. The topological polar surface area (TPSA) is 17.8 Å². The second kappa shape index (κ2) is 4.74. The van der Waals surface area contributed by atoms with Crippen molar-refractivity contribution in [2.24, 2.45) is 0 Å². The molecule has 0 unspecified atom stereocenters. The van der Waals surface area contributed by atoms with Crippen LogP contribution in [0.1, 0.15) is 5.56 Å². The summed E-state index contributed by atoms with van der Waals surface area (Å²) < 4.78 is 29.2. The summed E-state index contributed by atoms with van der Waals surface area (Å²) in [5, 5.41) is 0. The Morgan fingerprint density at radius 1 is 1.05 bits per heavy atom. The zero-order valence-corrected chi connectivity index (χ0v) is 11.4. The number of halogens is 3.